The Morgan fingerprint density at radius 2 is 2.03 bits per heavy atom. The Hall–Kier alpha value is -3.30. The third-order valence-corrected chi connectivity index (χ3v) is 8.20. The number of furan rings is 1. The summed E-state index contributed by atoms with van der Waals surface area (Å²) in [5.41, 5.74) is 1.03. The van der Waals surface area contributed by atoms with Crippen molar-refractivity contribution in [2.75, 3.05) is 31.7 Å². The van der Waals surface area contributed by atoms with E-state index in [2.05, 4.69) is 16.8 Å². The minimum Gasteiger partial charge on any atom is -0.496 e. The Balaban J connectivity index is 1.62. The van der Waals surface area contributed by atoms with E-state index < -0.39 is 12.0 Å². The molecule has 0 saturated carbocycles. The van der Waals surface area contributed by atoms with Gasteiger partial charge in [-0.25, -0.2) is 9.79 Å². The number of piperidine rings is 1. The summed E-state index contributed by atoms with van der Waals surface area (Å²) in [6, 6.07) is 8.13. The highest BCUT2D eigenvalue weighted by Gasteiger charge is 2.35. The SMILES string of the molecule is CCOC(=O)C1=C(C)N=c2s/c(=C\c3ccc(N4CCC(C)CC4)o3)c(=O)n2[C@H]1c1cc(Cl)ccc1OC. The van der Waals surface area contributed by atoms with Crippen LogP contribution in [0.5, 0.6) is 5.75 Å². The number of allylic oxidation sites excluding steroid dienone is 1. The Labute approximate surface area is 229 Å². The Morgan fingerprint density at radius 1 is 1.26 bits per heavy atom. The number of thiazole rings is 1. The largest absolute Gasteiger partial charge is 0.496 e. The number of anilines is 1. The molecular formula is C28H30ClN3O5S. The van der Waals surface area contributed by atoms with Gasteiger partial charge in [-0.3, -0.25) is 9.36 Å². The summed E-state index contributed by atoms with van der Waals surface area (Å²) in [5.74, 6) is 2.06. The third kappa shape index (κ3) is 4.92. The van der Waals surface area contributed by atoms with Gasteiger partial charge in [0.05, 0.1) is 29.5 Å². The number of carbonyl (C=O) groups excluding carboxylic acids is 1. The second-order valence-corrected chi connectivity index (χ2v) is 11.0. The molecule has 1 fully saturated rings. The number of carbonyl (C=O) groups is 1. The van der Waals surface area contributed by atoms with E-state index in [0.29, 0.717) is 37.1 Å². The minimum absolute atomic E-state index is 0.191. The standard InChI is InChI=1S/C28H30ClN3O5S/c1-5-36-27(34)24-17(3)30-28-32(25(24)20-14-18(29)6-8-21(20)35-4)26(33)22(38-28)15-19-7-9-23(37-19)31-12-10-16(2)11-13-31/h6-9,14-16,25H,5,10-13H2,1-4H3/b22-15-/t25-/m0/s1. The summed E-state index contributed by atoms with van der Waals surface area (Å²) >= 11 is 7.60. The number of aromatic nitrogens is 1. The van der Waals surface area contributed by atoms with Crippen LogP contribution >= 0.6 is 22.9 Å². The molecule has 1 aromatic carbocycles. The predicted octanol–water partition coefficient (Wildman–Crippen LogP) is 4.29. The van der Waals surface area contributed by atoms with Crippen molar-refractivity contribution < 1.29 is 18.7 Å². The molecule has 3 aromatic rings. The minimum atomic E-state index is -0.816. The number of hydrogen-bond acceptors (Lipinski definition) is 8. The summed E-state index contributed by atoms with van der Waals surface area (Å²) in [6.45, 7) is 7.84. The number of benzene rings is 1. The van der Waals surface area contributed by atoms with Crippen LogP contribution in [-0.4, -0.2) is 37.3 Å². The van der Waals surface area contributed by atoms with E-state index in [9.17, 15) is 9.59 Å². The van der Waals surface area contributed by atoms with Crippen LogP contribution < -0.4 is 24.5 Å². The van der Waals surface area contributed by atoms with Crippen LogP contribution in [0, 0.1) is 5.92 Å². The lowest BCUT2D eigenvalue weighted by Gasteiger charge is -2.29. The van der Waals surface area contributed by atoms with Crippen LogP contribution in [-0.2, 0) is 9.53 Å². The highest BCUT2D eigenvalue weighted by atomic mass is 35.5. The maximum Gasteiger partial charge on any atom is 0.338 e. The van der Waals surface area contributed by atoms with Gasteiger partial charge < -0.3 is 18.8 Å². The fourth-order valence-electron chi connectivity index (χ4n) is 4.95. The zero-order valence-corrected chi connectivity index (χ0v) is 23.4. The molecule has 5 rings (SSSR count). The first-order valence-corrected chi connectivity index (χ1v) is 13.9. The number of esters is 1. The number of hydrogen-bond donors (Lipinski definition) is 0. The van der Waals surface area contributed by atoms with E-state index in [-0.39, 0.29) is 17.7 Å². The van der Waals surface area contributed by atoms with Crippen molar-refractivity contribution in [2.24, 2.45) is 10.9 Å². The molecule has 0 unspecified atom stereocenters. The lowest BCUT2D eigenvalue weighted by atomic mass is 9.95. The molecule has 10 heteroatoms. The zero-order valence-electron chi connectivity index (χ0n) is 21.8. The number of rotatable bonds is 6. The normalized spacial score (nSPS) is 18.4. The summed E-state index contributed by atoms with van der Waals surface area (Å²) in [5, 5.41) is 0.455. The van der Waals surface area contributed by atoms with Gasteiger partial charge in [-0.15, -0.1) is 0 Å². The van der Waals surface area contributed by atoms with E-state index in [0.717, 1.165) is 37.7 Å². The van der Waals surface area contributed by atoms with Crippen molar-refractivity contribution in [3.8, 4) is 5.75 Å². The third-order valence-electron chi connectivity index (χ3n) is 6.98. The van der Waals surface area contributed by atoms with Gasteiger partial charge in [0.15, 0.2) is 10.7 Å². The first-order chi connectivity index (χ1) is 18.3. The van der Waals surface area contributed by atoms with Crippen molar-refractivity contribution in [1.82, 2.24) is 4.57 Å². The maximum absolute atomic E-state index is 13.8. The summed E-state index contributed by atoms with van der Waals surface area (Å²) in [4.78, 5) is 34.3. The van der Waals surface area contributed by atoms with Gasteiger partial charge in [0.25, 0.3) is 5.56 Å². The van der Waals surface area contributed by atoms with Gasteiger partial charge >= 0.3 is 5.97 Å². The predicted molar refractivity (Wildman–Crippen MR) is 148 cm³/mol. The fraction of sp³-hybridized carbons (Fsp3) is 0.393. The molecule has 0 bridgehead atoms. The Bertz CT molecular complexity index is 1580. The smallest absolute Gasteiger partial charge is 0.338 e. The molecule has 4 heterocycles. The summed E-state index contributed by atoms with van der Waals surface area (Å²) < 4.78 is 19.0. The molecule has 200 valence electrons. The van der Waals surface area contributed by atoms with Crippen LogP contribution in [0.15, 0.2) is 55.8 Å². The quantitative estimate of drug-likeness (QED) is 0.422. The molecule has 0 spiro atoms. The average molecular weight is 556 g/mol. The second kappa shape index (κ2) is 10.8. The van der Waals surface area contributed by atoms with Gasteiger partial charge in [0.2, 0.25) is 0 Å². The number of halogens is 1. The molecule has 0 radical (unpaired) electrons. The molecule has 1 saturated heterocycles. The summed E-state index contributed by atoms with van der Waals surface area (Å²) in [6.07, 6.45) is 3.99. The van der Waals surface area contributed by atoms with Crippen molar-refractivity contribution in [1.29, 1.82) is 0 Å². The van der Waals surface area contributed by atoms with Gasteiger partial charge in [-0.1, -0.05) is 29.9 Å². The molecule has 2 aromatic heterocycles. The molecular weight excluding hydrogens is 526 g/mol. The highest BCUT2D eigenvalue weighted by molar-refractivity contribution is 7.07. The number of ether oxygens (including phenoxy) is 2. The lowest BCUT2D eigenvalue weighted by Crippen LogP contribution is -2.40. The Kier molecular flexibility index (Phi) is 7.49. The van der Waals surface area contributed by atoms with E-state index in [1.54, 1.807) is 38.1 Å². The molecule has 8 nitrogen and oxygen atoms in total. The first kappa shape index (κ1) is 26.3. The van der Waals surface area contributed by atoms with Crippen molar-refractivity contribution in [2.45, 2.75) is 39.7 Å². The Morgan fingerprint density at radius 3 is 2.74 bits per heavy atom. The summed E-state index contributed by atoms with van der Waals surface area (Å²) in [7, 11) is 1.54. The van der Waals surface area contributed by atoms with E-state index >= 15 is 0 Å². The van der Waals surface area contributed by atoms with Crippen LogP contribution in [0.25, 0.3) is 6.08 Å². The van der Waals surface area contributed by atoms with Crippen LogP contribution in [0.3, 0.4) is 0 Å². The van der Waals surface area contributed by atoms with E-state index in [4.69, 9.17) is 25.5 Å². The van der Waals surface area contributed by atoms with Crippen molar-refractivity contribution >= 4 is 40.9 Å². The molecule has 0 aliphatic carbocycles. The van der Waals surface area contributed by atoms with Crippen LogP contribution in [0.4, 0.5) is 5.88 Å². The van der Waals surface area contributed by atoms with Gasteiger partial charge in [0, 0.05) is 35.8 Å². The second-order valence-electron chi connectivity index (χ2n) is 9.53. The monoisotopic (exact) mass is 555 g/mol. The van der Waals surface area contributed by atoms with Crippen LogP contribution in [0.2, 0.25) is 5.02 Å². The van der Waals surface area contributed by atoms with Gasteiger partial charge in [-0.2, -0.15) is 0 Å². The maximum atomic E-state index is 13.8. The van der Waals surface area contributed by atoms with Crippen LogP contribution in [0.1, 0.15) is 51.0 Å². The molecule has 38 heavy (non-hydrogen) atoms. The number of fused-ring (bicyclic) bond motifs is 1. The molecule has 2 aliphatic rings. The number of methoxy groups -OCH3 is 1. The fourth-order valence-corrected chi connectivity index (χ4v) is 6.16. The zero-order chi connectivity index (χ0) is 27.0. The molecule has 0 N–H and O–H groups in total. The van der Waals surface area contributed by atoms with E-state index in [1.165, 1.54) is 23.0 Å². The highest BCUT2D eigenvalue weighted by Crippen LogP contribution is 2.37. The molecule has 2 aliphatic heterocycles. The van der Waals surface area contributed by atoms with E-state index in [1.807, 2.05) is 12.1 Å². The molecule has 0 amide bonds. The lowest BCUT2D eigenvalue weighted by molar-refractivity contribution is -0.139. The van der Waals surface area contributed by atoms with Crippen molar-refractivity contribution in [3.63, 3.8) is 0 Å². The van der Waals surface area contributed by atoms with Gasteiger partial charge in [-0.05, 0) is 56.9 Å². The first-order valence-electron chi connectivity index (χ1n) is 12.7. The average Bonchev–Trinajstić information content (AvgIpc) is 3.48. The topological polar surface area (TPSA) is 86.3 Å². The number of nitrogens with zero attached hydrogens (tertiary/aromatic N) is 3. The van der Waals surface area contributed by atoms with Crippen molar-refractivity contribution in [3.05, 3.63) is 77.6 Å². The molecule has 1 atom stereocenters. The van der Waals surface area contributed by atoms with Gasteiger partial charge in [0.1, 0.15) is 17.6 Å².